The van der Waals surface area contributed by atoms with Gasteiger partial charge in [0.1, 0.15) is 5.71 Å². The number of hydrogen-bond donors (Lipinski definition) is 4. The molecule has 1 amide bonds. The number of nitrogens with one attached hydrogen (secondary N) is 4. The van der Waals surface area contributed by atoms with Crippen molar-refractivity contribution in [3.8, 4) is 11.8 Å². The van der Waals surface area contributed by atoms with Crippen molar-refractivity contribution in [2.45, 2.75) is 39.0 Å². The minimum atomic E-state index is -3.84. The van der Waals surface area contributed by atoms with Crippen LogP contribution >= 0.6 is 34.5 Å². The van der Waals surface area contributed by atoms with E-state index in [0.29, 0.717) is 27.0 Å². The summed E-state index contributed by atoms with van der Waals surface area (Å²) in [4.78, 5) is 19.4. The molecule has 0 atom stereocenters. The number of carbonyl (C=O) groups excluding carboxylic acids is 1. The third kappa shape index (κ3) is 9.31. The molecule has 0 unspecified atom stereocenters. The van der Waals surface area contributed by atoms with Gasteiger partial charge < -0.3 is 5.32 Å². The Labute approximate surface area is 250 Å². The highest BCUT2D eigenvalue weighted by molar-refractivity contribution is 7.87. The van der Waals surface area contributed by atoms with Crippen molar-refractivity contribution < 1.29 is 13.2 Å². The Bertz CT molecular complexity index is 1420. The van der Waals surface area contributed by atoms with E-state index in [9.17, 15) is 13.2 Å². The second-order valence-corrected chi connectivity index (χ2v) is 12.5. The molecule has 40 heavy (non-hydrogen) atoms. The molecule has 1 aromatic heterocycles. The lowest BCUT2D eigenvalue weighted by Crippen LogP contribution is -2.49. The first-order valence-electron chi connectivity index (χ1n) is 12.9. The average molecular weight is 626 g/mol. The maximum absolute atomic E-state index is 13.6. The van der Waals surface area contributed by atoms with Gasteiger partial charge in [0.25, 0.3) is 16.1 Å². The minimum Gasteiger partial charge on any atom is -0.353 e. The van der Waals surface area contributed by atoms with E-state index in [1.165, 1.54) is 25.4 Å². The molecule has 3 rings (SSSR count). The number of thiophene rings is 1. The smallest absolute Gasteiger partial charge is 0.284 e. The van der Waals surface area contributed by atoms with Crippen molar-refractivity contribution in [1.29, 1.82) is 0 Å². The van der Waals surface area contributed by atoms with Gasteiger partial charge in [-0.3, -0.25) is 15.2 Å². The number of carbonyl (C=O) groups is 1. The van der Waals surface area contributed by atoms with Crippen LogP contribution in [0.25, 0.3) is 5.70 Å². The molecule has 9 nitrogen and oxygen atoms in total. The van der Waals surface area contributed by atoms with Crippen LogP contribution in [0.2, 0.25) is 10.0 Å². The number of amides is 1. The Morgan fingerprint density at radius 2 is 1.90 bits per heavy atom. The summed E-state index contributed by atoms with van der Waals surface area (Å²) in [5, 5.41) is 6.00. The number of nitrogens with zero attached hydrogens (tertiary/aromatic N) is 2. The highest BCUT2D eigenvalue weighted by Crippen LogP contribution is 2.33. The van der Waals surface area contributed by atoms with Gasteiger partial charge in [-0.2, -0.15) is 13.1 Å². The van der Waals surface area contributed by atoms with Gasteiger partial charge in [-0.15, -0.1) is 11.3 Å². The first-order chi connectivity index (χ1) is 19.2. The molecule has 13 heteroatoms. The van der Waals surface area contributed by atoms with Crippen molar-refractivity contribution in [3.05, 3.63) is 55.7 Å². The predicted molar refractivity (Wildman–Crippen MR) is 166 cm³/mol. The molecule has 216 valence electrons. The van der Waals surface area contributed by atoms with E-state index >= 15 is 0 Å². The molecule has 1 aliphatic rings. The van der Waals surface area contributed by atoms with Crippen LogP contribution in [0.3, 0.4) is 0 Å². The van der Waals surface area contributed by atoms with Crippen LogP contribution in [0.15, 0.2) is 40.9 Å². The Hall–Kier alpha value is -2.43. The van der Waals surface area contributed by atoms with E-state index in [2.05, 4.69) is 43.9 Å². The Morgan fingerprint density at radius 3 is 2.55 bits per heavy atom. The molecule has 1 aromatic carbocycles. The lowest BCUT2D eigenvalue weighted by molar-refractivity contribution is -0.119. The molecular weight excluding hydrogens is 591 g/mol. The van der Waals surface area contributed by atoms with Crippen LogP contribution in [0.4, 0.5) is 5.69 Å². The van der Waals surface area contributed by atoms with Crippen molar-refractivity contribution in [2.75, 3.05) is 39.0 Å². The first-order valence-corrected chi connectivity index (χ1v) is 16.0. The van der Waals surface area contributed by atoms with E-state index in [4.69, 9.17) is 23.2 Å². The maximum atomic E-state index is 13.6. The summed E-state index contributed by atoms with van der Waals surface area (Å²) in [6.45, 7) is 3.29. The Balaban J connectivity index is 2.16. The summed E-state index contributed by atoms with van der Waals surface area (Å²) in [5.41, 5.74) is 4.33. The van der Waals surface area contributed by atoms with Crippen molar-refractivity contribution >= 4 is 67.8 Å². The molecule has 4 N–H and O–H groups in total. The molecule has 0 saturated carbocycles. The number of rotatable bonds is 11. The third-order valence-corrected chi connectivity index (χ3v) is 8.61. The zero-order valence-corrected chi connectivity index (χ0v) is 25.9. The number of unbranched alkanes of at least 4 members (excludes halogenated alkanes) is 1. The van der Waals surface area contributed by atoms with Crippen LogP contribution in [-0.4, -0.2) is 58.8 Å². The molecule has 2 aromatic rings. The zero-order chi connectivity index (χ0) is 29.1. The number of hydrogen-bond acceptors (Lipinski definition) is 7. The number of benzene rings is 1. The standard InChI is InChI=1S/C27H34Cl2N6O3S2/c1-4-5-7-10-20-12-14-24(39-20)25(33-23-13-11-19(28)17-22(23)29)21(18-32-40(37,38)31-3)26(30-2)27(36)34-35-15-8-6-9-16-35/h11-14,17,31-33H,4-6,8-9,15-16,18H2,1-3H3,(H,34,36)/b25-21-,30-26?. The first kappa shape index (κ1) is 32.1. The third-order valence-electron chi connectivity index (χ3n) is 5.98. The normalized spacial score (nSPS) is 15.2. The summed E-state index contributed by atoms with van der Waals surface area (Å²) in [6, 6.07) is 8.76. The Kier molecular flexibility index (Phi) is 12.5. The minimum absolute atomic E-state index is 0.0731. The molecule has 1 saturated heterocycles. The molecular formula is C27H34Cl2N6O3S2. The van der Waals surface area contributed by atoms with Crippen LogP contribution in [0.5, 0.6) is 0 Å². The van der Waals surface area contributed by atoms with Crippen LogP contribution in [-0.2, 0) is 15.0 Å². The molecule has 1 aliphatic heterocycles. The summed E-state index contributed by atoms with van der Waals surface area (Å²) >= 11 is 14.0. The lowest BCUT2D eigenvalue weighted by Gasteiger charge is -2.27. The quantitative estimate of drug-likeness (QED) is 0.214. The summed E-state index contributed by atoms with van der Waals surface area (Å²) in [5.74, 6) is 5.87. The fourth-order valence-corrected chi connectivity index (χ4v) is 5.77. The molecule has 1 fully saturated rings. The number of piperidine rings is 1. The van der Waals surface area contributed by atoms with E-state index in [1.54, 1.807) is 18.2 Å². The molecule has 2 heterocycles. The molecule has 0 radical (unpaired) electrons. The van der Waals surface area contributed by atoms with Crippen molar-refractivity contribution in [3.63, 3.8) is 0 Å². The van der Waals surface area contributed by atoms with E-state index < -0.39 is 16.1 Å². The molecule has 0 spiro atoms. The van der Waals surface area contributed by atoms with Gasteiger partial charge in [0.05, 0.1) is 26.2 Å². The SMILES string of the molecule is CCCC#Cc1ccc(/C(Nc2ccc(Cl)cc2Cl)=C(\CNS(=O)(=O)NC)C(=NC)C(=O)NN2CCCCC2)s1. The number of hydrazine groups is 1. The molecule has 0 bridgehead atoms. The van der Waals surface area contributed by atoms with Crippen LogP contribution in [0, 0.1) is 11.8 Å². The van der Waals surface area contributed by atoms with Gasteiger partial charge in [0, 0.05) is 50.7 Å². The zero-order valence-electron chi connectivity index (χ0n) is 22.7. The lowest BCUT2D eigenvalue weighted by atomic mass is 10.1. The molecule has 0 aliphatic carbocycles. The van der Waals surface area contributed by atoms with Crippen molar-refractivity contribution in [2.24, 2.45) is 4.99 Å². The van der Waals surface area contributed by atoms with E-state index in [-0.39, 0.29) is 12.3 Å². The predicted octanol–water partition coefficient (Wildman–Crippen LogP) is 4.67. The number of halogens is 2. The van der Waals surface area contributed by atoms with E-state index in [0.717, 1.165) is 54.9 Å². The Morgan fingerprint density at radius 1 is 1.15 bits per heavy atom. The topological polar surface area (TPSA) is 115 Å². The van der Waals surface area contributed by atoms with Crippen LogP contribution in [0.1, 0.15) is 48.8 Å². The number of anilines is 1. The van der Waals surface area contributed by atoms with Gasteiger partial charge in [-0.1, -0.05) is 48.4 Å². The number of aliphatic imine (C=N–C) groups is 1. The van der Waals surface area contributed by atoms with Crippen LogP contribution < -0.4 is 20.2 Å². The fourth-order valence-electron chi connectivity index (χ4n) is 3.93. The highest BCUT2D eigenvalue weighted by atomic mass is 35.5. The van der Waals surface area contributed by atoms with Crippen molar-refractivity contribution in [1.82, 2.24) is 19.9 Å². The summed E-state index contributed by atoms with van der Waals surface area (Å²) in [6.07, 6.45) is 4.78. The van der Waals surface area contributed by atoms with Gasteiger partial charge >= 0.3 is 0 Å². The van der Waals surface area contributed by atoms with Gasteiger partial charge in [0.2, 0.25) is 0 Å². The van der Waals surface area contributed by atoms with Gasteiger partial charge in [-0.25, -0.2) is 9.73 Å². The average Bonchev–Trinajstić information content (AvgIpc) is 3.40. The summed E-state index contributed by atoms with van der Waals surface area (Å²) in [7, 11) is -1.04. The van der Waals surface area contributed by atoms with Gasteiger partial charge in [0.15, 0.2) is 0 Å². The summed E-state index contributed by atoms with van der Waals surface area (Å²) < 4.78 is 29.5. The second-order valence-electron chi connectivity index (χ2n) is 8.91. The maximum Gasteiger partial charge on any atom is 0.284 e. The highest BCUT2D eigenvalue weighted by Gasteiger charge is 2.26. The van der Waals surface area contributed by atoms with Gasteiger partial charge in [-0.05, 0) is 49.6 Å². The fraction of sp³-hybridized carbons (Fsp3) is 0.407. The van der Waals surface area contributed by atoms with E-state index in [1.807, 2.05) is 17.1 Å². The largest absolute Gasteiger partial charge is 0.353 e. The monoisotopic (exact) mass is 624 g/mol. The second kappa shape index (κ2) is 15.5.